The fraction of sp³-hybridized carbons (Fsp3) is 0.273. The average molecular weight is 145 g/mol. The third kappa shape index (κ3) is 2.23. The van der Waals surface area contributed by atoms with Crippen molar-refractivity contribution >= 4 is 0 Å². The Kier molecular flexibility index (Phi) is 2.48. The Morgan fingerprint density at radius 2 is 1.91 bits per heavy atom. The monoisotopic (exact) mass is 145 g/mol. The summed E-state index contributed by atoms with van der Waals surface area (Å²) in [5, 5.41) is 0. The van der Waals surface area contributed by atoms with Crippen LogP contribution in [0.1, 0.15) is 16.7 Å². The lowest BCUT2D eigenvalue weighted by Crippen LogP contribution is -1.85. The molecule has 0 heteroatoms. The van der Waals surface area contributed by atoms with Gasteiger partial charge < -0.3 is 0 Å². The molecule has 11 heavy (non-hydrogen) atoms. The van der Waals surface area contributed by atoms with Crippen molar-refractivity contribution in [2.75, 3.05) is 0 Å². The standard InChI is InChI=1S/C11H13/c1-4-5-11-7-9(2)6-10(3)8-11/h4,7-8H,1,5H2,2-3H3. The van der Waals surface area contributed by atoms with Crippen molar-refractivity contribution in [3.8, 4) is 0 Å². The summed E-state index contributed by atoms with van der Waals surface area (Å²) < 4.78 is 0. The van der Waals surface area contributed by atoms with Crippen molar-refractivity contribution < 1.29 is 0 Å². The zero-order valence-corrected chi connectivity index (χ0v) is 7.15. The van der Waals surface area contributed by atoms with Gasteiger partial charge in [0.1, 0.15) is 0 Å². The molecule has 0 saturated carbocycles. The molecule has 0 unspecified atom stereocenters. The summed E-state index contributed by atoms with van der Waals surface area (Å²) in [7, 11) is 0. The second-order valence-electron chi connectivity index (χ2n) is 2.85. The van der Waals surface area contributed by atoms with Crippen LogP contribution in [0.15, 0.2) is 24.8 Å². The van der Waals surface area contributed by atoms with E-state index in [1.165, 1.54) is 16.7 Å². The lowest BCUT2D eigenvalue weighted by atomic mass is 10.1. The van der Waals surface area contributed by atoms with E-state index >= 15 is 0 Å². The number of benzene rings is 1. The van der Waals surface area contributed by atoms with E-state index in [9.17, 15) is 0 Å². The van der Waals surface area contributed by atoms with Crippen molar-refractivity contribution in [2.45, 2.75) is 20.3 Å². The fourth-order valence-corrected chi connectivity index (χ4v) is 1.27. The Labute approximate surface area is 68.6 Å². The maximum absolute atomic E-state index is 3.71. The summed E-state index contributed by atoms with van der Waals surface area (Å²) >= 11 is 0. The molecule has 0 nitrogen and oxygen atoms in total. The first kappa shape index (κ1) is 8.06. The third-order valence-electron chi connectivity index (χ3n) is 1.58. The smallest absolute Gasteiger partial charge is 0.00999 e. The predicted molar refractivity (Wildman–Crippen MR) is 48.7 cm³/mol. The molecule has 0 fully saturated rings. The van der Waals surface area contributed by atoms with Crippen LogP contribution in [0, 0.1) is 19.9 Å². The van der Waals surface area contributed by atoms with E-state index in [1.54, 1.807) is 0 Å². The first-order valence-electron chi connectivity index (χ1n) is 3.82. The molecular formula is C11H13. The van der Waals surface area contributed by atoms with Crippen LogP contribution in [0.4, 0.5) is 0 Å². The Bertz CT molecular complexity index is 238. The molecular weight excluding hydrogens is 132 g/mol. The quantitative estimate of drug-likeness (QED) is 0.561. The van der Waals surface area contributed by atoms with Gasteiger partial charge in [-0.05, 0) is 43.0 Å². The van der Waals surface area contributed by atoms with Crippen LogP contribution in [0.2, 0.25) is 0 Å². The number of allylic oxidation sites excluding steroid dienone is 1. The van der Waals surface area contributed by atoms with Crippen molar-refractivity contribution in [3.05, 3.63) is 47.5 Å². The molecule has 0 spiro atoms. The van der Waals surface area contributed by atoms with Crippen LogP contribution in [-0.2, 0) is 6.42 Å². The lowest BCUT2D eigenvalue weighted by Gasteiger charge is -2.00. The van der Waals surface area contributed by atoms with Gasteiger partial charge in [0.25, 0.3) is 0 Å². The van der Waals surface area contributed by atoms with Crippen molar-refractivity contribution in [1.29, 1.82) is 0 Å². The van der Waals surface area contributed by atoms with E-state index in [1.807, 2.05) is 6.08 Å². The number of aryl methyl sites for hydroxylation is 2. The van der Waals surface area contributed by atoms with Crippen LogP contribution < -0.4 is 0 Å². The molecule has 0 bridgehead atoms. The second kappa shape index (κ2) is 3.38. The van der Waals surface area contributed by atoms with Gasteiger partial charge in [0, 0.05) is 0 Å². The van der Waals surface area contributed by atoms with E-state index in [-0.39, 0.29) is 0 Å². The van der Waals surface area contributed by atoms with Gasteiger partial charge in [-0.2, -0.15) is 0 Å². The normalized spacial score (nSPS) is 9.64. The highest BCUT2D eigenvalue weighted by molar-refractivity contribution is 5.28. The number of rotatable bonds is 2. The predicted octanol–water partition coefficient (Wildman–Crippen LogP) is 2.83. The molecule has 0 atom stereocenters. The Morgan fingerprint density at radius 1 is 1.36 bits per heavy atom. The first-order chi connectivity index (χ1) is 5.22. The third-order valence-corrected chi connectivity index (χ3v) is 1.58. The van der Waals surface area contributed by atoms with Gasteiger partial charge in [0.2, 0.25) is 0 Å². The molecule has 0 aliphatic heterocycles. The van der Waals surface area contributed by atoms with Crippen molar-refractivity contribution in [1.82, 2.24) is 0 Å². The summed E-state index contributed by atoms with van der Waals surface area (Å²) in [4.78, 5) is 0. The van der Waals surface area contributed by atoms with Gasteiger partial charge >= 0.3 is 0 Å². The van der Waals surface area contributed by atoms with Crippen molar-refractivity contribution in [2.24, 2.45) is 0 Å². The van der Waals surface area contributed by atoms with Gasteiger partial charge in [0.15, 0.2) is 0 Å². The number of hydrogen-bond donors (Lipinski definition) is 0. The Hall–Kier alpha value is -1.04. The molecule has 1 aromatic rings. The molecule has 0 aliphatic rings. The molecule has 1 radical (unpaired) electrons. The maximum Gasteiger partial charge on any atom is -0.00999 e. The van der Waals surface area contributed by atoms with E-state index in [0.717, 1.165) is 6.42 Å². The first-order valence-corrected chi connectivity index (χ1v) is 3.82. The lowest BCUT2D eigenvalue weighted by molar-refractivity contribution is 1.22. The van der Waals surface area contributed by atoms with E-state index in [4.69, 9.17) is 0 Å². The van der Waals surface area contributed by atoms with E-state index < -0.39 is 0 Å². The minimum atomic E-state index is 0.955. The van der Waals surface area contributed by atoms with Crippen LogP contribution in [0.5, 0.6) is 0 Å². The van der Waals surface area contributed by atoms with Gasteiger partial charge in [-0.1, -0.05) is 18.2 Å². The van der Waals surface area contributed by atoms with Gasteiger partial charge in [0.05, 0.1) is 0 Å². The fourth-order valence-electron chi connectivity index (χ4n) is 1.27. The molecule has 1 rings (SSSR count). The van der Waals surface area contributed by atoms with Gasteiger partial charge in [-0.15, -0.1) is 6.58 Å². The Morgan fingerprint density at radius 3 is 2.36 bits per heavy atom. The highest BCUT2D eigenvalue weighted by Crippen LogP contribution is 2.08. The summed E-state index contributed by atoms with van der Waals surface area (Å²) in [5.41, 5.74) is 3.75. The van der Waals surface area contributed by atoms with Crippen LogP contribution in [-0.4, -0.2) is 0 Å². The van der Waals surface area contributed by atoms with Gasteiger partial charge in [-0.3, -0.25) is 0 Å². The average Bonchev–Trinajstić information content (AvgIpc) is 1.85. The largest absolute Gasteiger partial charge is 0.103 e. The molecule has 0 amide bonds. The van der Waals surface area contributed by atoms with E-state index in [2.05, 4.69) is 38.6 Å². The second-order valence-corrected chi connectivity index (χ2v) is 2.85. The minimum Gasteiger partial charge on any atom is -0.103 e. The summed E-state index contributed by atoms with van der Waals surface area (Å²) in [6, 6.07) is 7.53. The Balaban J connectivity index is 2.98. The molecule has 57 valence electrons. The summed E-state index contributed by atoms with van der Waals surface area (Å²) in [6.07, 6.45) is 2.88. The molecule has 0 heterocycles. The number of hydrogen-bond acceptors (Lipinski definition) is 0. The van der Waals surface area contributed by atoms with Crippen molar-refractivity contribution in [3.63, 3.8) is 0 Å². The molecule has 1 aromatic carbocycles. The molecule has 0 aliphatic carbocycles. The minimum absolute atomic E-state index is 0.955. The topological polar surface area (TPSA) is 0 Å². The van der Waals surface area contributed by atoms with Crippen LogP contribution >= 0.6 is 0 Å². The van der Waals surface area contributed by atoms with Crippen LogP contribution in [0.25, 0.3) is 0 Å². The molecule has 0 aromatic heterocycles. The highest BCUT2D eigenvalue weighted by atomic mass is 14.0. The van der Waals surface area contributed by atoms with E-state index in [0.29, 0.717) is 0 Å². The SMILES string of the molecule is C=CCc1cc(C)[c]c(C)c1. The maximum atomic E-state index is 3.71. The highest BCUT2D eigenvalue weighted by Gasteiger charge is 1.92. The summed E-state index contributed by atoms with van der Waals surface area (Å²) in [6.45, 7) is 7.84. The van der Waals surface area contributed by atoms with Crippen LogP contribution in [0.3, 0.4) is 0 Å². The zero-order chi connectivity index (χ0) is 8.27. The molecule has 0 saturated heterocycles. The zero-order valence-electron chi connectivity index (χ0n) is 7.15. The summed E-state index contributed by atoms with van der Waals surface area (Å²) in [5.74, 6) is 0. The van der Waals surface area contributed by atoms with Gasteiger partial charge in [-0.25, -0.2) is 0 Å². The molecule has 0 N–H and O–H groups in total.